The lowest BCUT2D eigenvalue weighted by Crippen LogP contribution is -1.71. The average molecular weight is 202 g/mol. The van der Waals surface area contributed by atoms with Crippen LogP contribution in [-0.2, 0) is 0 Å². The van der Waals surface area contributed by atoms with Crippen LogP contribution in [0.25, 0.3) is 11.0 Å². The molecule has 62 valence electrons. The summed E-state index contributed by atoms with van der Waals surface area (Å²) < 4.78 is 4.99. The van der Waals surface area contributed by atoms with Gasteiger partial charge in [-0.1, -0.05) is 28.4 Å². The lowest BCUT2D eigenvalue weighted by molar-refractivity contribution is 0.450. The van der Waals surface area contributed by atoms with Gasteiger partial charge in [0.25, 0.3) is 0 Å². The van der Waals surface area contributed by atoms with Crippen LogP contribution in [0.4, 0.5) is 0 Å². The highest BCUT2D eigenvalue weighted by molar-refractivity contribution is 6.42. The summed E-state index contributed by atoms with van der Waals surface area (Å²) >= 11 is 11.6. The Morgan fingerprint density at radius 1 is 1.25 bits per heavy atom. The molecular weight excluding hydrogens is 197 g/mol. The van der Waals surface area contributed by atoms with Gasteiger partial charge in [0, 0.05) is 11.5 Å². The van der Waals surface area contributed by atoms with Crippen molar-refractivity contribution < 1.29 is 4.52 Å². The number of aryl methyl sites for hydroxylation is 1. The van der Waals surface area contributed by atoms with Crippen LogP contribution in [0.3, 0.4) is 0 Å². The van der Waals surface area contributed by atoms with Crippen molar-refractivity contribution in [3.05, 3.63) is 27.9 Å². The predicted molar refractivity (Wildman–Crippen MR) is 48.8 cm³/mol. The van der Waals surface area contributed by atoms with Crippen LogP contribution in [0.2, 0.25) is 10.0 Å². The maximum Gasteiger partial charge on any atom is 0.168 e. The minimum atomic E-state index is 0.486. The van der Waals surface area contributed by atoms with Crippen molar-refractivity contribution >= 4 is 34.2 Å². The summed E-state index contributed by atoms with van der Waals surface area (Å²) in [5.74, 6) is 0. The fourth-order valence-electron chi connectivity index (χ4n) is 1.05. The van der Waals surface area contributed by atoms with E-state index < -0.39 is 0 Å². The molecule has 0 aliphatic carbocycles. The number of rotatable bonds is 0. The molecule has 12 heavy (non-hydrogen) atoms. The van der Waals surface area contributed by atoms with E-state index in [1.54, 1.807) is 12.1 Å². The molecule has 4 heteroatoms. The number of hydrogen-bond donors (Lipinski definition) is 0. The first-order valence-electron chi connectivity index (χ1n) is 3.39. The van der Waals surface area contributed by atoms with Gasteiger partial charge in [-0.3, -0.25) is 0 Å². The summed E-state index contributed by atoms with van der Waals surface area (Å²) in [6.45, 7) is 1.86. The van der Waals surface area contributed by atoms with Gasteiger partial charge in [0.05, 0.1) is 15.7 Å². The molecule has 2 rings (SSSR count). The molecular formula is C8H5Cl2NO. The summed E-state index contributed by atoms with van der Waals surface area (Å²) in [6, 6.07) is 3.42. The monoisotopic (exact) mass is 201 g/mol. The Morgan fingerprint density at radius 2 is 1.92 bits per heavy atom. The van der Waals surface area contributed by atoms with Gasteiger partial charge in [0.15, 0.2) is 5.58 Å². The fourth-order valence-corrected chi connectivity index (χ4v) is 1.37. The molecule has 0 unspecified atom stereocenters. The highest BCUT2D eigenvalue weighted by atomic mass is 35.5. The Labute approximate surface area is 79.0 Å². The Balaban J connectivity index is 2.87. The normalized spacial score (nSPS) is 10.9. The number of fused-ring (bicyclic) bond motifs is 1. The molecule has 0 aliphatic rings. The first kappa shape index (κ1) is 7.90. The van der Waals surface area contributed by atoms with Crippen molar-refractivity contribution in [3.63, 3.8) is 0 Å². The first-order chi connectivity index (χ1) is 5.68. The molecule has 1 aromatic carbocycles. The minimum absolute atomic E-state index is 0.486. The topological polar surface area (TPSA) is 26.0 Å². The van der Waals surface area contributed by atoms with Gasteiger partial charge in [0.1, 0.15) is 0 Å². The van der Waals surface area contributed by atoms with Crippen LogP contribution in [-0.4, -0.2) is 5.16 Å². The van der Waals surface area contributed by atoms with Crippen molar-refractivity contribution in [2.24, 2.45) is 0 Å². The number of halogens is 2. The average Bonchev–Trinajstić information content (AvgIpc) is 2.35. The largest absolute Gasteiger partial charge is 0.356 e. The van der Waals surface area contributed by atoms with Gasteiger partial charge in [-0.25, -0.2) is 0 Å². The molecule has 1 aromatic heterocycles. The molecule has 0 atom stereocenters. The van der Waals surface area contributed by atoms with Crippen LogP contribution < -0.4 is 0 Å². The number of benzene rings is 1. The molecule has 0 spiro atoms. The number of nitrogens with zero attached hydrogens (tertiary/aromatic N) is 1. The fraction of sp³-hybridized carbons (Fsp3) is 0.125. The molecule has 0 fully saturated rings. The second-order valence-corrected chi connectivity index (χ2v) is 3.34. The molecule has 0 aliphatic heterocycles. The van der Waals surface area contributed by atoms with Crippen molar-refractivity contribution in [2.75, 3.05) is 0 Å². The molecule has 0 bridgehead atoms. The zero-order valence-corrected chi connectivity index (χ0v) is 7.78. The second-order valence-electron chi connectivity index (χ2n) is 2.53. The minimum Gasteiger partial charge on any atom is -0.356 e. The van der Waals surface area contributed by atoms with Crippen LogP contribution in [0.1, 0.15) is 5.69 Å². The maximum absolute atomic E-state index is 5.82. The van der Waals surface area contributed by atoms with Gasteiger partial charge < -0.3 is 4.52 Å². The van der Waals surface area contributed by atoms with Gasteiger partial charge in [-0.2, -0.15) is 0 Å². The lowest BCUT2D eigenvalue weighted by Gasteiger charge is -1.93. The molecule has 0 saturated heterocycles. The van der Waals surface area contributed by atoms with E-state index in [4.69, 9.17) is 27.7 Å². The summed E-state index contributed by atoms with van der Waals surface area (Å²) in [6.07, 6.45) is 0. The van der Waals surface area contributed by atoms with Gasteiger partial charge in [0.2, 0.25) is 0 Å². The van der Waals surface area contributed by atoms with Crippen molar-refractivity contribution in [1.29, 1.82) is 0 Å². The number of hydrogen-bond acceptors (Lipinski definition) is 2. The van der Waals surface area contributed by atoms with Crippen LogP contribution in [0, 0.1) is 6.92 Å². The van der Waals surface area contributed by atoms with Crippen molar-refractivity contribution in [1.82, 2.24) is 5.16 Å². The van der Waals surface area contributed by atoms with E-state index in [-0.39, 0.29) is 0 Å². The Kier molecular flexibility index (Phi) is 1.74. The predicted octanol–water partition coefficient (Wildman–Crippen LogP) is 3.44. The molecule has 0 amide bonds. The summed E-state index contributed by atoms with van der Waals surface area (Å²) in [7, 11) is 0. The van der Waals surface area contributed by atoms with E-state index in [1.165, 1.54) is 0 Å². The third-order valence-corrected chi connectivity index (χ3v) is 2.42. The van der Waals surface area contributed by atoms with Gasteiger partial charge in [-0.15, -0.1) is 0 Å². The van der Waals surface area contributed by atoms with Crippen molar-refractivity contribution in [2.45, 2.75) is 6.92 Å². The Bertz CT molecular complexity index is 436. The van der Waals surface area contributed by atoms with Gasteiger partial charge in [-0.05, 0) is 13.0 Å². The van der Waals surface area contributed by atoms with E-state index in [1.807, 2.05) is 6.92 Å². The lowest BCUT2D eigenvalue weighted by atomic mass is 10.2. The van der Waals surface area contributed by atoms with Crippen LogP contribution in [0.15, 0.2) is 16.7 Å². The second kappa shape index (κ2) is 2.64. The Hall–Kier alpha value is -0.730. The van der Waals surface area contributed by atoms with E-state index in [2.05, 4.69) is 5.16 Å². The molecule has 0 N–H and O–H groups in total. The van der Waals surface area contributed by atoms with Crippen molar-refractivity contribution in [3.8, 4) is 0 Å². The highest BCUT2D eigenvalue weighted by Crippen LogP contribution is 2.29. The SMILES string of the molecule is Cc1noc2cc(Cl)c(Cl)cc12. The summed E-state index contributed by atoms with van der Waals surface area (Å²) in [4.78, 5) is 0. The first-order valence-corrected chi connectivity index (χ1v) is 4.15. The molecule has 2 nitrogen and oxygen atoms in total. The zero-order chi connectivity index (χ0) is 8.72. The molecule has 2 aromatic rings. The summed E-state index contributed by atoms with van der Waals surface area (Å²) in [5.41, 5.74) is 1.49. The number of aromatic nitrogens is 1. The zero-order valence-electron chi connectivity index (χ0n) is 6.27. The van der Waals surface area contributed by atoms with Gasteiger partial charge >= 0.3 is 0 Å². The van der Waals surface area contributed by atoms with Crippen LogP contribution in [0.5, 0.6) is 0 Å². The quantitative estimate of drug-likeness (QED) is 0.653. The molecule has 0 saturated carbocycles. The molecule has 1 heterocycles. The summed E-state index contributed by atoms with van der Waals surface area (Å²) in [5, 5.41) is 5.70. The van der Waals surface area contributed by atoms with E-state index in [9.17, 15) is 0 Å². The maximum atomic E-state index is 5.82. The van der Waals surface area contributed by atoms with Crippen LogP contribution >= 0.6 is 23.2 Å². The Morgan fingerprint density at radius 3 is 2.67 bits per heavy atom. The van der Waals surface area contributed by atoms with E-state index >= 15 is 0 Å². The third-order valence-electron chi connectivity index (χ3n) is 1.69. The smallest absolute Gasteiger partial charge is 0.168 e. The standard InChI is InChI=1S/C8H5Cl2NO/c1-4-5-2-6(9)7(10)3-8(5)12-11-4/h2-3H,1H3. The molecule has 0 radical (unpaired) electrons. The highest BCUT2D eigenvalue weighted by Gasteiger charge is 2.07. The third kappa shape index (κ3) is 1.08. The van der Waals surface area contributed by atoms with E-state index in [0.29, 0.717) is 15.6 Å². The van der Waals surface area contributed by atoms with E-state index in [0.717, 1.165) is 11.1 Å².